The standard InChI is InChI=1S/C16H25NO2/c1-13(17(2)15-9-11-19-12-10-15)3-4-14-5-7-16(18)8-6-14/h5-8,13,15,18H,3-4,9-12H2,1-2H3. The highest BCUT2D eigenvalue weighted by Crippen LogP contribution is 2.18. The van der Waals surface area contributed by atoms with Gasteiger partial charge in [0.2, 0.25) is 0 Å². The van der Waals surface area contributed by atoms with Crippen molar-refractivity contribution in [1.82, 2.24) is 4.90 Å². The van der Waals surface area contributed by atoms with Gasteiger partial charge in [-0.1, -0.05) is 12.1 Å². The molecule has 0 spiro atoms. The van der Waals surface area contributed by atoms with Crippen molar-refractivity contribution in [1.29, 1.82) is 0 Å². The zero-order chi connectivity index (χ0) is 13.7. The third kappa shape index (κ3) is 4.22. The molecule has 1 heterocycles. The lowest BCUT2D eigenvalue weighted by Gasteiger charge is -2.35. The summed E-state index contributed by atoms with van der Waals surface area (Å²) in [6.07, 6.45) is 4.52. The second kappa shape index (κ2) is 6.92. The van der Waals surface area contributed by atoms with Crippen LogP contribution in [0.5, 0.6) is 5.75 Å². The van der Waals surface area contributed by atoms with Crippen molar-refractivity contribution in [3.63, 3.8) is 0 Å². The fourth-order valence-electron chi connectivity index (χ4n) is 2.69. The molecule has 0 bridgehead atoms. The number of hydrogen-bond acceptors (Lipinski definition) is 3. The molecule has 0 aliphatic carbocycles. The highest BCUT2D eigenvalue weighted by Gasteiger charge is 2.21. The Kier molecular flexibility index (Phi) is 5.23. The molecule has 106 valence electrons. The van der Waals surface area contributed by atoms with Gasteiger partial charge in [0.1, 0.15) is 5.75 Å². The Morgan fingerprint density at radius 2 is 1.89 bits per heavy atom. The highest BCUT2D eigenvalue weighted by molar-refractivity contribution is 5.25. The quantitative estimate of drug-likeness (QED) is 0.886. The first-order chi connectivity index (χ1) is 9.16. The van der Waals surface area contributed by atoms with E-state index < -0.39 is 0 Å². The van der Waals surface area contributed by atoms with Crippen LogP contribution in [-0.2, 0) is 11.2 Å². The van der Waals surface area contributed by atoms with Crippen LogP contribution < -0.4 is 0 Å². The Bertz CT molecular complexity index is 371. The predicted octanol–water partition coefficient (Wildman–Crippen LogP) is 2.82. The Morgan fingerprint density at radius 3 is 2.53 bits per heavy atom. The molecule has 2 rings (SSSR count). The lowest BCUT2D eigenvalue weighted by molar-refractivity contribution is 0.0300. The lowest BCUT2D eigenvalue weighted by atomic mass is 10.0. The Hall–Kier alpha value is -1.06. The van der Waals surface area contributed by atoms with Gasteiger partial charge < -0.3 is 14.7 Å². The second-order valence-electron chi connectivity index (χ2n) is 5.56. The summed E-state index contributed by atoms with van der Waals surface area (Å²) in [5.41, 5.74) is 1.30. The van der Waals surface area contributed by atoms with E-state index in [4.69, 9.17) is 4.74 Å². The molecule has 1 saturated heterocycles. The third-order valence-electron chi connectivity index (χ3n) is 4.25. The predicted molar refractivity (Wildman–Crippen MR) is 77.5 cm³/mol. The van der Waals surface area contributed by atoms with Gasteiger partial charge in [0.25, 0.3) is 0 Å². The first-order valence-electron chi connectivity index (χ1n) is 7.24. The highest BCUT2D eigenvalue weighted by atomic mass is 16.5. The first-order valence-corrected chi connectivity index (χ1v) is 7.24. The van der Waals surface area contributed by atoms with Gasteiger partial charge in [-0.15, -0.1) is 0 Å². The van der Waals surface area contributed by atoms with Crippen molar-refractivity contribution in [2.24, 2.45) is 0 Å². The summed E-state index contributed by atoms with van der Waals surface area (Å²) in [5, 5.41) is 9.27. The van der Waals surface area contributed by atoms with Gasteiger partial charge >= 0.3 is 0 Å². The summed E-state index contributed by atoms with van der Waals surface area (Å²) < 4.78 is 5.42. The molecule has 1 aliphatic rings. The van der Waals surface area contributed by atoms with Gasteiger partial charge in [-0.05, 0) is 57.4 Å². The topological polar surface area (TPSA) is 32.7 Å². The van der Waals surface area contributed by atoms with Gasteiger partial charge in [0, 0.05) is 25.3 Å². The van der Waals surface area contributed by atoms with E-state index in [2.05, 4.69) is 18.9 Å². The summed E-state index contributed by atoms with van der Waals surface area (Å²) in [4.78, 5) is 2.50. The molecule has 1 aromatic rings. The zero-order valence-corrected chi connectivity index (χ0v) is 12.0. The summed E-state index contributed by atoms with van der Waals surface area (Å²) >= 11 is 0. The maximum absolute atomic E-state index is 9.27. The molecular formula is C16H25NO2. The number of phenolic OH excluding ortho intramolecular Hbond substituents is 1. The van der Waals surface area contributed by atoms with Gasteiger partial charge in [0.15, 0.2) is 0 Å². The third-order valence-corrected chi connectivity index (χ3v) is 4.25. The molecule has 1 aromatic carbocycles. The molecule has 0 saturated carbocycles. The second-order valence-corrected chi connectivity index (χ2v) is 5.56. The van der Waals surface area contributed by atoms with Crippen LogP contribution in [0.2, 0.25) is 0 Å². The van der Waals surface area contributed by atoms with Crippen molar-refractivity contribution in [2.45, 2.75) is 44.7 Å². The number of ether oxygens (including phenoxy) is 1. The van der Waals surface area contributed by atoms with Gasteiger partial charge in [-0.3, -0.25) is 0 Å². The van der Waals surface area contributed by atoms with Gasteiger partial charge in [0.05, 0.1) is 0 Å². The van der Waals surface area contributed by atoms with Crippen molar-refractivity contribution < 1.29 is 9.84 Å². The molecule has 1 atom stereocenters. The number of nitrogens with zero attached hydrogens (tertiary/aromatic N) is 1. The molecule has 1 unspecified atom stereocenters. The number of aromatic hydroxyl groups is 1. The largest absolute Gasteiger partial charge is 0.508 e. The van der Waals surface area contributed by atoms with Crippen LogP contribution in [0.4, 0.5) is 0 Å². The van der Waals surface area contributed by atoms with Crippen LogP contribution in [0.25, 0.3) is 0 Å². The van der Waals surface area contributed by atoms with E-state index in [0.717, 1.165) is 38.9 Å². The molecular weight excluding hydrogens is 238 g/mol. The number of benzene rings is 1. The van der Waals surface area contributed by atoms with Crippen LogP contribution in [0, 0.1) is 0 Å². The molecule has 0 aromatic heterocycles. The molecule has 19 heavy (non-hydrogen) atoms. The molecule has 1 aliphatic heterocycles. The number of aryl methyl sites for hydroxylation is 1. The van der Waals surface area contributed by atoms with Crippen LogP contribution >= 0.6 is 0 Å². The minimum atomic E-state index is 0.344. The van der Waals surface area contributed by atoms with Crippen LogP contribution in [0.1, 0.15) is 31.7 Å². The Morgan fingerprint density at radius 1 is 1.26 bits per heavy atom. The van der Waals surface area contributed by atoms with E-state index in [-0.39, 0.29) is 0 Å². The molecule has 0 radical (unpaired) electrons. The fourth-order valence-corrected chi connectivity index (χ4v) is 2.69. The smallest absolute Gasteiger partial charge is 0.115 e. The average Bonchev–Trinajstić information content (AvgIpc) is 2.46. The van der Waals surface area contributed by atoms with Crippen LogP contribution in [0.3, 0.4) is 0 Å². The normalized spacial score (nSPS) is 18.7. The SMILES string of the molecule is CC(CCc1ccc(O)cc1)N(C)C1CCOCC1. The molecule has 3 nitrogen and oxygen atoms in total. The van der Waals surface area contributed by atoms with E-state index in [1.165, 1.54) is 5.56 Å². The van der Waals surface area contributed by atoms with Crippen molar-refractivity contribution in [3.05, 3.63) is 29.8 Å². The summed E-state index contributed by atoms with van der Waals surface area (Å²) in [6.45, 7) is 4.11. The van der Waals surface area contributed by atoms with E-state index in [1.807, 2.05) is 12.1 Å². The lowest BCUT2D eigenvalue weighted by Crippen LogP contribution is -2.42. The Balaban J connectivity index is 1.79. The average molecular weight is 263 g/mol. The van der Waals surface area contributed by atoms with Crippen molar-refractivity contribution >= 4 is 0 Å². The molecule has 1 N–H and O–H groups in total. The van der Waals surface area contributed by atoms with Crippen molar-refractivity contribution in [2.75, 3.05) is 20.3 Å². The van der Waals surface area contributed by atoms with E-state index in [9.17, 15) is 5.11 Å². The zero-order valence-electron chi connectivity index (χ0n) is 12.0. The van der Waals surface area contributed by atoms with E-state index >= 15 is 0 Å². The summed E-state index contributed by atoms with van der Waals surface area (Å²) in [6, 6.07) is 8.80. The van der Waals surface area contributed by atoms with E-state index in [1.54, 1.807) is 12.1 Å². The monoisotopic (exact) mass is 263 g/mol. The van der Waals surface area contributed by atoms with Crippen LogP contribution in [-0.4, -0.2) is 42.4 Å². The first kappa shape index (κ1) is 14.4. The summed E-state index contributed by atoms with van der Waals surface area (Å²) in [7, 11) is 2.23. The van der Waals surface area contributed by atoms with E-state index in [0.29, 0.717) is 17.8 Å². The van der Waals surface area contributed by atoms with Gasteiger partial charge in [-0.25, -0.2) is 0 Å². The fraction of sp³-hybridized carbons (Fsp3) is 0.625. The number of phenols is 1. The molecule has 3 heteroatoms. The maximum Gasteiger partial charge on any atom is 0.115 e. The molecule has 1 fully saturated rings. The number of rotatable bonds is 5. The van der Waals surface area contributed by atoms with Crippen LogP contribution in [0.15, 0.2) is 24.3 Å². The van der Waals surface area contributed by atoms with Gasteiger partial charge in [-0.2, -0.15) is 0 Å². The number of hydrogen-bond donors (Lipinski definition) is 1. The molecule has 0 amide bonds. The summed E-state index contributed by atoms with van der Waals surface area (Å²) in [5.74, 6) is 0.344. The maximum atomic E-state index is 9.27. The minimum Gasteiger partial charge on any atom is -0.508 e. The Labute approximate surface area is 116 Å². The minimum absolute atomic E-state index is 0.344. The van der Waals surface area contributed by atoms with Crippen molar-refractivity contribution in [3.8, 4) is 5.75 Å².